The molecule has 158 valence electrons. The molecule has 1 saturated heterocycles. The van der Waals surface area contributed by atoms with Crippen molar-refractivity contribution >= 4 is 17.8 Å². The molecule has 3 N–H and O–H groups in total. The van der Waals surface area contributed by atoms with Crippen molar-refractivity contribution in [1.29, 1.82) is 0 Å². The SMILES string of the molecule is CC[C@@]1(c2ccccc2)NC(=O)N(NC(=O)CN[C@@H](C)c2ccc(F)c(F)c2)C1=O. The van der Waals surface area contributed by atoms with Crippen LogP contribution in [0.4, 0.5) is 13.6 Å². The van der Waals surface area contributed by atoms with Crippen LogP contribution >= 0.6 is 0 Å². The quantitative estimate of drug-likeness (QED) is 0.605. The Morgan fingerprint density at radius 1 is 1.13 bits per heavy atom. The Bertz CT molecular complexity index is 970. The second-order valence-corrected chi connectivity index (χ2v) is 7.01. The molecule has 2 aromatic carbocycles. The molecule has 9 heteroatoms. The summed E-state index contributed by atoms with van der Waals surface area (Å²) in [5.74, 6) is -3.15. The van der Waals surface area contributed by atoms with Gasteiger partial charge in [-0.3, -0.25) is 15.0 Å². The van der Waals surface area contributed by atoms with Crippen molar-refractivity contribution in [3.8, 4) is 0 Å². The number of hydrazine groups is 1. The minimum absolute atomic E-state index is 0.248. The molecular weight excluding hydrogens is 394 g/mol. The van der Waals surface area contributed by atoms with E-state index in [9.17, 15) is 23.2 Å². The third-order valence-electron chi connectivity index (χ3n) is 5.14. The highest BCUT2D eigenvalue weighted by molar-refractivity contribution is 6.08. The maximum atomic E-state index is 13.4. The highest BCUT2D eigenvalue weighted by atomic mass is 19.2. The number of urea groups is 1. The van der Waals surface area contributed by atoms with Crippen molar-refractivity contribution in [3.05, 3.63) is 71.3 Å². The summed E-state index contributed by atoms with van der Waals surface area (Å²) in [6.45, 7) is 3.19. The number of amides is 4. The topological polar surface area (TPSA) is 90.5 Å². The molecule has 1 aliphatic heterocycles. The van der Waals surface area contributed by atoms with Crippen LogP contribution in [0.5, 0.6) is 0 Å². The third-order valence-corrected chi connectivity index (χ3v) is 5.14. The monoisotopic (exact) mass is 416 g/mol. The molecule has 3 rings (SSSR count). The number of halogens is 2. The van der Waals surface area contributed by atoms with E-state index in [0.29, 0.717) is 22.6 Å². The van der Waals surface area contributed by atoms with Gasteiger partial charge < -0.3 is 10.6 Å². The second-order valence-electron chi connectivity index (χ2n) is 7.01. The molecule has 1 fully saturated rings. The van der Waals surface area contributed by atoms with Gasteiger partial charge >= 0.3 is 6.03 Å². The molecular formula is C21H22F2N4O3. The zero-order valence-electron chi connectivity index (χ0n) is 16.5. The number of nitrogens with one attached hydrogen (secondary N) is 3. The smallest absolute Gasteiger partial charge is 0.318 e. The van der Waals surface area contributed by atoms with Crippen molar-refractivity contribution in [3.63, 3.8) is 0 Å². The Morgan fingerprint density at radius 2 is 1.83 bits per heavy atom. The first kappa shape index (κ1) is 21.4. The van der Waals surface area contributed by atoms with Gasteiger partial charge in [-0.1, -0.05) is 43.3 Å². The van der Waals surface area contributed by atoms with E-state index in [1.165, 1.54) is 6.07 Å². The number of carbonyl (C=O) groups excluding carboxylic acids is 3. The van der Waals surface area contributed by atoms with Gasteiger partial charge in [-0.25, -0.2) is 13.6 Å². The lowest BCUT2D eigenvalue weighted by molar-refractivity contribution is -0.139. The van der Waals surface area contributed by atoms with E-state index in [4.69, 9.17) is 0 Å². The first-order valence-electron chi connectivity index (χ1n) is 9.48. The molecule has 1 heterocycles. The van der Waals surface area contributed by atoms with Gasteiger partial charge in [-0.2, -0.15) is 5.01 Å². The largest absolute Gasteiger partial charge is 0.344 e. The van der Waals surface area contributed by atoms with Crippen LogP contribution in [0.2, 0.25) is 0 Å². The Kier molecular flexibility index (Phi) is 6.12. The van der Waals surface area contributed by atoms with Crippen LogP contribution in [0.1, 0.15) is 37.4 Å². The number of rotatable bonds is 7. The summed E-state index contributed by atoms with van der Waals surface area (Å²) in [6, 6.07) is 11.0. The van der Waals surface area contributed by atoms with Gasteiger partial charge in [0.2, 0.25) is 0 Å². The van der Waals surface area contributed by atoms with E-state index >= 15 is 0 Å². The lowest BCUT2D eigenvalue weighted by Gasteiger charge is -2.25. The Hall–Kier alpha value is -3.33. The first-order chi connectivity index (χ1) is 14.3. The lowest BCUT2D eigenvalue weighted by Crippen LogP contribution is -2.50. The molecule has 0 saturated carbocycles. The van der Waals surface area contributed by atoms with Gasteiger partial charge in [0.15, 0.2) is 11.6 Å². The maximum Gasteiger partial charge on any atom is 0.344 e. The molecule has 0 radical (unpaired) electrons. The van der Waals surface area contributed by atoms with E-state index in [1.54, 1.807) is 44.2 Å². The summed E-state index contributed by atoms with van der Waals surface area (Å²) in [7, 11) is 0. The minimum Gasteiger partial charge on any atom is -0.318 e. The molecule has 2 aromatic rings. The number of carbonyl (C=O) groups is 3. The summed E-state index contributed by atoms with van der Waals surface area (Å²) >= 11 is 0. The van der Waals surface area contributed by atoms with Gasteiger partial charge in [0, 0.05) is 6.04 Å². The molecule has 30 heavy (non-hydrogen) atoms. The lowest BCUT2D eigenvalue weighted by atomic mass is 9.87. The summed E-state index contributed by atoms with van der Waals surface area (Å²) in [6.07, 6.45) is 0.305. The number of nitrogens with zero attached hydrogens (tertiary/aromatic N) is 1. The molecule has 0 spiro atoms. The van der Waals surface area contributed by atoms with Crippen molar-refractivity contribution in [2.45, 2.75) is 31.8 Å². The molecule has 0 aliphatic carbocycles. The average Bonchev–Trinajstić information content (AvgIpc) is 2.99. The predicted molar refractivity (Wildman–Crippen MR) is 105 cm³/mol. The fourth-order valence-electron chi connectivity index (χ4n) is 3.35. The third kappa shape index (κ3) is 4.02. The Balaban J connectivity index is 1.64. The van der Waals surface area contributed by atoms with Crippen LogP contribution in [0.3, 0.4) is 0 Å². The normalized spacial score (nSPS) is 19.5. The van der Waals surface area contributed by atoms with Crippen molar-refractivity contribution in [1.82, 2.24) is 21.1 Å². The van der Waals surface area contributed by atoms with Gasteiger partial charge in [0.25, 0.3) is 11.8 Å². The van der Waals surface area contributed by atoms with Gasteiger partial charge in [-0.15, -0.1) is 0 Å². The fraction of sp³-hybridized carbons (Fsp3) is 0.286. The Labute approximate surface area is 172 Å². The standard InChI is InChI=1S/C21H22F2N4O3/c1-3-21(15-7-5-4-6-8-15)19(29)27(20(30)25-21)26-18(28)12-24-13(2)14-9-10-16(22)17(23)11-14/h4-11,13,24H,3,12H2,1-2H3,(H,25,30)(H,26,28)/t13-,21-/m0/s1. The van der Waals surface area contributed by atoms with Crippen LogP contribution in [0, 0.1) is 11.6 Å². The highest BCUT2D eigenvalue weighted by Gasteiger charge is 2.52. The Morgan fingerprint density at radius 3 is 2.47 bits per heavy atom. The van der Waals surface area contributed by atoms with Crippen LogP contribution < -0.4 is 16.1 Å². The molecule has 2 atom stereocenters. The second kappa shape index (κ2) is 8.58. The van der Waals surface area contributed by atoms with E-state index in [2.05, 4.69) is 16.1 Å². The summed E-state index contributed by atoms with van der Waals surface area (Å²) in [5, 5.41) is 6.18. The summed E-state index contributed by atoms with van der Waals surface area (Å²) in [5.41, 5.74) is 2.12. The van der Waals surface area contributed by atoms with Crippen LogP contribution in [-0.2, 0) is 15.1 Å². The molecule has 4 amide bonds. The molecule has 0 aromatic heterocycles. The zero-order valence-corrected chi connectivity index (χ0v) is 16.5. The number of benzene rings is 2. The van der Waals surface area contributed by atoms with E-state index in [1.807, 2.05) is 0 Å². The molecule has 0 unspecified atom stereocenters. The van der Waals surface area contributed by atoms with Gasteiger partial charge in [0.1, 0.15) is 5.54 Å². The van der Waals surface area contributed by atoms with Crippen molar-refractivity contribution < 1.29 is 23.2 Å². The average molecular weight is 416 g/mol. The van der Waals surface area contributed by atoms with E-state index in [0.717, 1.165) is 12.1 Å². The number of hydrogen-bond donors (Lipinski definition) is 3. The maximum absolute atomic E-state index is 13.4. The minimum atomic E-state index is -1.25. The number of imide groups is 1. The zero-order chi connectivity index (χ0) is 21.9. The molecule has 1 aliphatic rings. The fourth-order valence-corrected chi connectivity index (χ4v) is 3.35. The van der Waals surface area contributed by atoms with E-state index in [-0.39, 0.29) is 6.54 Å². The van der Waals surface area contributed by atoms with Crippen molar-refractivity contribution in [2.75, 3.05) is 6.54 Å². The van der Waals surface area contributed by atoms with Gasteiger partial charge in [-0.05, 0) is 36.6 Å². The van der Waals surface area contributed by atoms with Crippen LogP contribution in [0.25, 0.3) is 0 Å². The van der Waals surface area contributed by atoms with E-state index < -0.39 is 41.1 Å². The molecule has 7 nitrogen and oxygen atoms in total. The highest BCUT2D eigenvalue weighted by Crippen LogP contribution is 2.31. The van der Waals surface area contributed by atoms with Gasteiger partial charge in [0.05, 0.1) is 6.54 Å². The number of hydrogen-bond acceptors (Lipinski definition) is 4. The van der Waals surface area contributed by atoms with Crippen LogP contribution in [-0.4, -0.2) is 29.4 Å². The first-order valence-corrected chi connectivity index (χ1v) is 9.48. The summed E-state index contributed by atoms with van der Waals surface area (Å²) in [4.78, 5) is 37.6. The van der Waals surface area contributed by atoms with Crippen LogP contribution in [0.15, 0.2) is 48.5 Å². The summed E-state index contributed by atoms with van der Waals surface area (Å²) < 4.78 is 26.4. The van der Waals surface area contributed by atoms with Crippen molar-refractivity contribution in [2.24, 2.45) is 0 Å². The molecule has 0 bridgehead atoms. The predicted octanol–water partition coefficient (Wildman–Crippen LogP) is 2.50.